The number of para-hydroxylation sites is 1. The molecule has 176 valence electrons. The zero-order valence-corrected chi connectivity index (χ0v) is 20.9. The molecule has 0 fully saturated rings. The average molecular weight is 515 g/mol. The molecule has 9 heteroatoms. The zero-order valence-electron chi connectivity index (χ0n) is 18.5. The van der Waals surface area contributed by atoms with Gasteiger partial charge >= 0.3 is 0 Å². The van der Waals surface area contributed by atoms with Crippen LogP contribution >= 0.6 is 22.9 Å². The predicted molar refractivity (Wildman–Crippen MR) is 137 cm³/mol. The van der Waals surface area contributed by atoms with Crippen molar-refractivity contribution in [3.8, 4) is 5.75 Å². The Morgan fingerprint density at radius 2 is 1.76 bits per heavy atom. The fourth-order valence-corrected chi connectivity index (χ4v) is 6.09. The lowest BCUT2D eigenvalue weighted by atomic mass is 10.2. The minimum atomic E-state index is -3.51. The summed E-state index contributed by atoms with van der Waals surface area (Å²) in [6.07, 6.45) is 0.274. The number of nitrogens with zero attached hydrogens (tertiary/aromatic N) is 2. The Hall–Kier alpha value is -2.94. The summed E-state index contributed by atoms with van der Waals surface area (Å²) in [6.45, 7) is 0.336. The summed E-state index contributed by atoms with van der Waals surface area (Å²) in [6, 6.07) is 21.4. The third-order valence-electron chi connectivity index (χ3n) is 5.30. The highest BCUT2D eigenvalue weighted by molar-refractivity contribution is 7.91. The van der Waals surface area contributed by atoms with E-state index < -0.39 is 9.84 Å². The second-order valence-electron chi connectivity index (χ2n) is 7.65. The molecule has 0 spiro atoms. The molecule has 0 bridgehead atoms. The quantitative estimate of drug-likeness (QED) is 0.284. The Labute approximate surface area is 207 Å². The first-order valence-corrected chi connectivity index (χ1v) is 13.5. The Bertz CT molecular complexity index is 1390. The number of thiazole rings is 1. The van der Waals surface area contributed by atoms with Crippen LogP contribution in [0.4, 0.5) is 5.13 Å². The normalized spacial score (nSPS) is 11.5. The minimum Gasteiger partial charge on any atom is -0.497 e. The van der Waals surface area contributed by atoms with Gasteiger partial charge in [0.15, 0.2) is 15.0 Å². The number of sulfone groups is 1. The third-order valence-corrected chi connectivity index (χ3v) is 8.46. The lowest BCUT2D eigenvalue weighted by molar-refractivity contribution is -0.118. The van der Waals surface area contributed by atoms with E-state index in [2.05, 4.69) is 4.98 Å². The third kappa shape index (κ3) is 5.58. The van der Waals surface area contributed by atoms with Crippen molar-refractivity contribution in [3.05, 3.63) is 83.4 Å². The average Bonchev–Trinajstić information content (AvgIpc) is 3.28. The largest absolute Gasteiger partial charge is 0.497 e. The number of carbonyl (C=O) groups excluding carboxylic acids is 1. The number of halogens is 1. The molecule has 3 aromatic carbocycles. The molecule has 4 rings (SSSR count). The van der Waals surface area contributed by atoms with Crippen molar-refractivity contribution in [2.45, 2.75) is 24.3 Å². The number of aromatic nitrogens is 1. The maximum absolute atomic E-state index is 13.3. The van der Waals surface area contributed by atoms with Crippen molar-refractivity contribution in [2.75, 3.05) is 17.8 Å². The molecule has 0 saturated heterocycles. The lowest BCUT2D eigenvalue weighted by Crippen LogP contribution is -2.30. The molecule has 0 saturated carbocycles. The van der Waals surface area contributed by atoms with Crippen molar-refractivity contribution in [1.82, 2.24) is 4.98 Å². The van der Waals surface area contributed by atoms with Crippen LogP contribution in [-0.4, -0.2) is 32.2 Å². The Morgan fingerprint density at radius 1 is 1.03 bits per heavy atom. The number of carbonyl (C=O) groups is 1. The highest BCUT2D eigenvalue weighted by Crippen LogP contribution is 2.34. The van der Waals surface area contributed by atoms with Crippen LogP contribution in [0.2, 0.25) is 5.02 Å². The Kier molecular flexibility index (Phi) is 7.50. The number of anilines is 1. The van der Waals surface area contributed by atoms with Gasteiger partial charge in [-0.25, -0.2) is 13.4 Å². The molecule has 0 atom stereocenters. The van der Waals surface area contributed by atoms with Gasteiger partial charge in [-0.2, -0.15) is 0 Å². The molecule has 0 N–H and O–H groups in total. The molecule has 1 heterocycles. The fourth-order valence-electron chi connectivity index (χ4n) is 3.50. The number of ether oxygens (including phenoxy) is 1. The summed E-state index contributed by atoms with van der Waals surface area (Å²) in [5.41, 5.74) is 1.60. The Morgan fingerprint density at radius 3 is 2.44 bits per heavy atom. The van der Waals surface area contributed by atoms with Crippen LogP contribution in [0.1, 0.15) is 18.4 Å². The van der Waals surface area contributed by atoms with Crippen LogP contribution in [0.25, 0.3) is 10.2 Å². The van der Waals surface area contributed by atoms with E-state index >= 15 is 0 Å². The SMILES string of the molecule is COc1ccc(S(=O)(=O)CCCC(=O)N(Cc2ccccc2)c2nc3c(Cl)cccc3s2)cc1. The summed E-state index contributed by atoms with van der Waals surface area (Å²) < 4.78 is 31.4. The topological polar surface area (TPSA) is 76.6 Å². The molecule has 1 amide bonds. The number of rotatable bonds is 9. The monoisotopic (exact) mass is 514 g/mol. The number of hydrogen-bond donors (Lipinski definition) is 0. The maximum atomic E-state index is 13.3. The zero-order chi connectivity index (χ0) is 24.1. The molecule has 4 aromatic rings. The summed E-state index contributed by atoms with van der Waals surface area (Å²) in [5.74, 6) is 0.265. The molecule has 6 nitrogen and oxygen atoms in total. The number of fused-ring (bicyclic) bond motifs is 1. The second-order valence-corrected chi connectivity index (χ2v) is 11.2. The molecular weight excluding hydrogens is 492 g/mol. The van der Waals surface area contributed by atoms with Gasteiger partial charge in [-0.05, 0) is 48.4 Å². The van der Waals surface area contributed by atoms with Gasteiger partial charge in [0, 0.05) is 6.42 Å². The van der Waals surface area contributed by atoms with E-state index in [1.54, 1.807) is 23.1 Å². The summed E-state index contributed by atoms with van der Waals surface area (Å²) in [7, 11) is -1.99. The van der Waals surface area contributed by atoms with Crippen LogP contribution in [-0.2, 0) is 21.2 Å². The maximum Gasteiger partial charge on any atom is 0.229 e. The minimum absolute atomic E-state index is 0.0753. The first-order valence-electron chi connectivity index (χ1n) is 10.6. The fraction of sp³-hybridized carbons (Fsp3) is 0.200. The summed E-state index contributed by atoms with van der Waals surface area (Å²) in [5, 5.41) is 1.06. The van der Waals surface area contributed by atoms with Crippen LogP contribution in [0.15, 0.2) is 77.7 Å². The van der Waals surface area contributed by atoms with E-state index in [0.717, 1.165) is 10.3 Å². The van der Waals surface area contributed by atoms with Gasteiger partial charge in [0.2, 0.25) is 5.91 Å². The standard InChI is InChI=1S/C25H23ClN2O4S2/c1-32-19-12-14-20(15-13-19)34(30,31)16-6-11-23(29)28(17-18-7-3-2-4-8-18)25-27-24-21(26)9-5-10-22(24)33-25/h2-5,7-10,12-15H,6,11,16-17H2,1H3. The number of benzene rings is 3. The highest BCUT2D eigenvalue weighted by atomic mass is 35.5. The molecular formula is C25H23ClN2O4S2. The Balaban J connectivity index is 1.51. The van der Waals surface area contributed by atoms with Crippen molar-refractivity contribution in [2.24, 2.45) is 0 Å². The molecule has 0 aliphatic rings. The van der Waals surface area contributed by atoms with Crippen molar-refractivity contribution in [3.63, 3.8) is 0 Å². The van der Waals surface area contributed by atoms with Gasteiger partial charge < -0.3 is 4.74 Å². The van der Waals surface area contributed by atoms with Gasteiger partial charge in [-0.3, -0.25) is 9.69 Å². The van der Waals surface area contributed by atoms with Gasteiger partial charge in [0.1, 0.15) is 11.3 Å². The van der Waals surface area contributed by atoms with E-state index in [-0.39, 0.29) is 29.4 Å². The van der Waals surface area contributed by atoms with Crippen molar-refractivity contribution < 1.29 is 17.9 Å². The molecule has 1 aromatic heterocycles. The lowest BCUT2D eigenvalue weighted by Gasteiger charge is -2.20. The van der Waals surface area contributed by atoms with E-state index in [4.69, 9.17) is 16.3 Å². The second kappa shape index (κ2) is 10.5. The summed E-state index contributed by atoms with van der Waals surface area (Å²) in [4.78, 5) is 19.7. The van der Waals surface area contributed by atoms with Crippen molar-refractivity contribution in [1.29, 1.82) is 0 Å². The van der Waals surface area contributed by atoms with E-state index in [1.807, 2.05) is 42.5 Å². The van der Waals surface area contributed by atoms with Crippen LogP contribution < -0.4 is 9.64 Å². The summed E-state index contributed by atoms with van der Waals surface area (Å²) >= 11 is 7.68. The van der Waals surface area contributed by atoms with Gasteiger partial charge in [0.25, 0.3) is 0 Å². The van der Waals surface area contributed by atoms with Gasteiger partial charge in [-0.1, -0.05) is 59.3 Å². The molecule has 34 heavy (non-hydrogen) atoms. The smallest absolute Gasteiger partial charge is 0.229 e. The predicted octanol–water partition coefficient (Wildman–Crippen LogP) is 5.75. The van der Waals surface area contributed by atoms with Crippen molar-refractivity contribution >= 4 is 54.0 Å². The van der Waals surface area contributed by atoms with Crippen LogP contribution in [0, 0.1) is 0 Å². The first kappa shape index (κ1) is 24.2. The molecule has 0 unspecified atom stereocenters. The molecule has 0 aliphatic heterocycles. The number of amides is 1. The van der Waals surface area contributed by atoms with Gasteiger partial charge in [-0.15, -0.1) is 0 Å². The number of hydrogen-bond acceptors (Lipinski definition) is 6. The molecule has 0 radical (unpaired) electrons. The van der Waals surface area contributed by atoms with E-state index in [1.165, 1.54) is 30.6 Å². The number of methoxy groups -OCH3 is 1. The van der Waals surface area contributed by atoms with E-state index in [0.29, 0.717) is 28.0 Å². The highest BCUT2D eigenvalue weighted by Gasteiger charge is 2.22. The van der Waals surface area contributed by atoms with Crippen LogP contribution in [0.3, 0.4) is 0 Å². The van der Waals surface area contributed by atoms with E-state index in [9.17, 15) is 13.2 Å². The first-order chi connectivity index (χ1) is 16.4. The van der Waals surface area contributed by atoms with Gasteiger partial charge in [0.05, 0.1) is 34.0 Å². The molecule has 0 aliphatic carbocycles. The van der Waals surface area contributed by atoms with Crippen LogP contribution in [0.5, 0.6) is 5.75 Å².